The van der Waals surface area contributed by atoms with E-state index in [1.807, 2.05) is 24.3 Å². The highest BCUT2D eigenvalue weighted by atomic mass is 16.5. The van der Waals surface area contributed by atoms with Crippen LogP contribution in [-0.2, 0) is 6.61 Å². The fourth-order valence-corrected chi connectivity index (χ4v) is 2.74. The third kappa shape index (κ3) is 3.40. The van der Waals surface area contributed by atoms with Crippen molar-refractivity contribution < 1.29 is 4.74 Å². The largest absolute Gasteiger partial charge is 0.489 e. The number of rotatable bonds is 4. The molecule has 0 aromatic heterocycles. The van der Waals surface area contributed by atoms with Crippen molar-refractivity contribution in [1.82, 2.24) is 5.32 Å². The molecule has 104 valence electrons. The van der Waals surface area contributed by atoms with Gasteiger partial charge in [0.25, 0.3) is 0 Å². The van der Waals surface area contributed by atoms with Gasteiger partial charge in [0.05, 0.1) is 0 Å². The third-order valence-corrected chi connectivity index (χ3v) is 3.87. The van der Waals surface area contributed by atoms with Crippen LogP contribution in [0.2, 0.25) is 0 Å². The van der Waals surface area contributed by atoms with Crippen molar-refractivity contribution in [2.24, 2.45) is 0 Å². The second-order valence-corrected chi connectivity index (χ2v) is 5.39. The molecule has 2 nitrogen and oxygen atoms in total. The summed E-state index contributed by atoms with van der Waals surface area (Å²) < 4.78 is 5.90. The summed E-state index contributed by atoms with van der Waals surface area (Å²) in [5, 5.41) is 3.47. The SMILES string of the molecule is c1ccc(COc2cccc([C@H]3CCCNC3)c2)cc1. The van der Waals surface area contributed by atoms with Crippen LogP contribution in [0.3, 0.4) is 0 Å². The first-order valence-electron chi connectivity index (χ1n) is 7.39. The van der Waals surface area contributed by atoms with Gasteiger partial charge in [-0.2, -0.15) is 0 Å². The highest BCUT2D eigenvalue weighted by molar-refractivity contribution is 5.31. The predicted molar refractivity (Wildman–Crippen MR) is 82.1 cm³/mol. The number of ether oxygens (including phenoxy) is 1. The van der Waals surface area contributed by atoms with Gasteiger partial charge in [-0.1, -0.05) is 42.5 Å². The van der Waals surface area contributed by atoms with Crippen LogP contribution in [0.4, 0.5) is 0 Å². The second kappa shape index (κ2) is 6.58. The summed E-state index contributed by atoms with van der Waals surface area (Å²) >= 11 is 0. The summed E-state index contributed by atoms with van der Waals surface area (Å²) in [7, 11) is 0. The standard InChI is InChI=1S/C18H21NO/c1-2-6-15(7-3-1)14-20-18-10-4-8-16(12-18)17-9-5-11-19-13-17/h1-4,6-8,10,12,17,19H,5,9,11,13-14H2/t17-/m0/s1. The monoisotopic (exact) mass is 267 g/mol. The van der Waals surface area contributed by atoms with Crippen LogP contribution in [0.5, 0.6) is 5.75 Å². The summed E-state index contributed by atoms with van der Waals surface area (Å²) in [6, 6.07) is 18.9. The highest BCUT2D eigenvalue weighted by Crippen LogP contribution is 2.26. The summed E-state index contributed by atoms with van der Waals surface area (Å²) in [6.07, 6.45) is 2.54. The van der Waals surface area contributed by atoms with Crippen molar-refractivity contribution in [3.8, 4) is 5.75 Å². The smallest absolute Gasteiger partial charge is 0.120 e. The van der Waals surface area contributed by atoms with Crippen LogP contribution < -0.4 is 10.1 Å². The Morgan fingerprint density at radius 3 is 2.75 bits per heavy atom. The molecule has 1 fully saturated rings. The molecule has 2 aromatic carbocycles. The highest BCUT2D eigenvalue weighted by Gasteiger charge is 2.15. The number of benzene rings is 2. The minimum absolute atomic E-state index is 0.629. The minimum Gasteiger partial charge on any atom is -0.489 e. The second-order valence-electron chi connectivity index (χ2n) is 5.39. The van der Waals surface area contributed by atoms with Crippen LogP contribution in [0.25, 0.3) is 0 Å². The maximum atomic E-state index is 5.90. The Morgan fingerprint density at radius 2 is 1.95 bits per heavy atom. The van der Waals surface area contributed by atoms with Gasteiger partial charge in [-0.05, 0) is 48.6 Å². The first kappa shape index (κ1) is 13.2. The van der Waals surface area contributed by atoms with E-state index in [2.05, 4.69) is 35.6 Å². The minimum atomic E-state index is 0.629. The molecule has 1 aliphatic rings. The lowest BCUT2D eigenvalue weighted by atomic mass is 9.92. The van der Waals surface area contributed by atoms with Crippen LogP contribution in [0.15, 0.2) is 54.6 Å². The number of nitrogens with one attached hydrogen (secondary N) is 1. The molecular weight excluding hydrogens is 246 g/mol. The topological polar surface area (TPSA) is 21.3 Å². The van der Waals surface area contributed by atoms with E-state index >= 15 is 0 Å². The molecule has 0 aliphatic carbocycles. The van der Waals surface area contributed by atoms with E-state index in [1.54, 1.807) is 0 Å². The van der Waals surface area contributed by atoms with Crippen LogP contribution in [0.1, 0.15) is 29.9 Å². The van der Waals surface area contributed by atoms with Crippen molar-refractivity contribution in [3.05, 3.63) is 65.7 Å². The maximum absolute atomic E-state index is 5.90. The summed E-state index contributed by atoms with van der Waals surface area (Å²) in [4.78, 5) is 0. The maximum Gasteiger partial charge on any atom is 0.120 e. The van der Waals surface area contributed by atoms with Gasteiger partial charge in [0.15, 0.2) is 0 Å². The summed E-state index contributed by atoms with van der Waals surface area (Å²) in [5.74, 6) is 1.60. The Labute approximate surface area is 120 Å². The molecule has 3 rings (SSSR count). The number of piperidine rings is 1. The van der Waals surface area contributed by atoms with Crippen molar-refractivity contribution in [2.75, 3.05) is 13.1 Å². The van der Waals surface area contributed by atoms with E-state index in [4.69, 9.17) is 4.74 Å². The molecular formula is C18H21NO. The third-order valence-electron chi connectivity index (χ3n) is 3.87. The van der Waals surface area contributed by atoms with Gasteiger partial charge in [0, 0.05) is 6.54 Å². The molecule has 2 aromatic rings. The van der Waals surface area contributed by atoms with Crippen molar-refractivity contribution in [2.45, 2.75) is 25.4 Å². The van der Waals surface area contributed by atoms with Crippen LogP contribution in [0, 0.1) is 0 Å². The molecule has 1 heterocycles. The lowest BCUT2D eigenvalue weighted by Crippen LogP contribution is -2.28. The molecule has 1 N–H and O–H groups in total. The molecule has 1 aliphatic heterocycles. The quantitative estimate of drug-likeness (QED) is 0.911. The zero-order valence-corrected chi connectivity index (χ0v) is 11.7. The van der Waals surface area contributed by atoms with E-state index < -0.39 is 0 Å². The predicted octanol–water partition coefficient (Wildman–Crippen LogP) is 3.73. The van der Waals surface area contributed by atoms with Gasteiger partial charge in [0.2, 0.25) is 0 Å². The van der Waals surface area contributed by atoms with Gasteiger partial charge in [-0.3, -0.25) is 0 Å². The first-order valence-corrected chi connectivity index (χ1v) is 7.39. The number of hydrogen-bond acceptors (Lipinski definition) is 2. The Kier molecular flexibility index (Phi) is 4.34. The normalized spacial score (nSPS) is 18.7. The summed E-state index contributed by atoms with van der Waals surface area (Å²) in [5.41, 5.74) is 2.60. The van der Waals surface area contributed by atoms with E-state index in [-0.39, 0.29) is 0 Å². The first-order chi connectivity index (χ1) is 9.92. The summed E-state index contributed by atoms with van der Waals surface area (Å²) in [6.45, 7) is 2.87. The molecule has 1 saturated heterocycles. The van der Waals surface area contributed by atoms with Gasteiger partial charge in [-0.25, -0.2) is 0 Å². The van der Waals surface area contributed by atoms with E-state index in [0.29, 0.717) is 12.5 Å². The van der Waals surface area contributed by atoms with Crippen molar-refractivity contribution in [3.63, 3.8) is 0 Å². The lowest BCUT2D eigenvalue weighted by molar-refractivity contribution is 0.305. The molecule has 0 unspecified atom stereocenters. The lowest BCUT2D eigenvalue weighted by Gasteiger charge is -2.23. The van der Waals surface area contributed by atoms with E-state index in [9.17, 15) is 0 Å². The van der Waals surface area contributed by atoms with Gasteiger partial charge in [-0.15, -0.1) is 0 Å². The molecule has 0 bridgehead atoms. The molecule has 20 heavy (non-hydrogen) atoms. The molecule has 0 spiro atoms. The van der Waals surface area contributed by atoms with Crippen molar-refractivity contribution >= 4 is 0 Å². The Morgan fingerprint density at radius 1 is 1.05 bits per heavy atom. The van der Waals surface area contributed by atoms with Crippen molar-refractivity contribution in [1.29, 1.82) is 0 Å². The number of hydrogen-bond donors (Lipinski definition) is 1. The van der Waals surface area contributed by atoms with Gasteiger partial charge < -0.3 is 10.1 Å². The van der Waals surface area contributed by atoms with Gasteiger partial charge in [0.1, 0.15) is 12.4 Å². The van der Waals surface area contributed by atoms with Crippen LogP contribution in [-0.4, -0.2) is 13.1 Å². The Hall–Kier alpha value is -1.80. The molecule has 0 amide bonds. The zero-order chi connectivity index (χ0) is 13.6. The molecule has 0 saturated carbocycles. The fourth-order valence-electron chi connectivity index (χ4n) is 2.74. The Balaban J connectivity index is 1.65. The van der Waals surface area contributed by atoms with Gasteiger partial charge >= 0.3 is 0 Å². The Bertz CT molecular complexity index is 532. The average molecular weight is 267 g/mol. The molecule has 0 radical (unpaired) electrons. The average Bonchev–Trinajstić information content (AvgIpc) is 2.55. The van der Waals surface area contributed by atoms with E-state index in [0.717, 1.165) is 18.8 Å². The molecule has 2 heteroatoms. The fraction of sp³-hybridized carbons (Fsp3) is 0.333. The van der Waals surface area contributed by atoms with Crippen LogP contribution >= 0.6 is 0 Å². The zero-order valence-electron chi connectivity index (χ0n) is 11.7. The van der Waals surface area contributed by atoms with E-state index in [1.165, 1.54) is 24.0 Å². The molecule has 1 atom stereocenters.